The summed E-state index contributed by atoms with van der Waals surface area (Å²) in [6, 6.07) is 2.83. The van der Waals surface area contributed by atoms with Gasteiger partial charge >= 0.3 is 0 Å². The van der Waals surface area contributed by atoms with E-state index in [1.807, 2.05) is 0 Å². The monoisotopic (exact) mass is 286 g/mol. The highest BCUT2D eigenvalue weighted by Crippen LogP contribution is 2.17. The van der Waals surface area contributed by atoms with Crippen molar-refractivity contribution in [1.29, 1.82) is 0 Å². The molecule has 2 atom stereocenters. The number of amides is 1. The quantitative estimate of drug-likeness (QED) is 0.802. The Hall–Kier alpha value is -1.69. The smallest absolute Gasteiger partial charge is 0.224 e. The summed E-state index contributed by atoms with van der Waals surface area (Å²) in [5.74, 6) is -1.71. The predicted molar refractivity (Wildman–Crippen MR) is 72.5 cm³/mol. The average Bonchev–Trinajstić information content (AvgIpc) is 2.37. The molecule has 6 heteroatoms. The fourth-order valence-corrected chi connectivity index (χ4v) is 1.63. The highest BCUT2D eigenvalue weighted by Gasteiger charge is 2.15. The van der Waals surface area contributed by atoms with E-state index in [0.29, 0.717) is 6.54 Å². The molecule has 1 aromatic carbocycles. The van der Waals surface area contributed by atoms with Gasteiger partial charge in [0.05, 0.1) is 6.04 Å². The second kappa shape index (κ2) is 7.79. The molecule has 4 nitrogen and oxygen atoms in total. The van der Waals surface area contributed by atoms with Crippen molar-refractivity contribution in [2.24, 2.45) is 5.92 Å². The van der Waals surface area contributed by atoms with Crippen LogP contribution in [0.25, 0.3) is 0 Å². The summed E-state index contributed by atoms with van der Waals surface area (Å²) in [5, 5.41) is 5.68. The van der Waals surface area contributed by atoms with Gasteiger partial charge in [-0.05, 0) is 26.1 Å². The normalized spacial score (nSPS) is 13.7. The van der Waals surface area contributed by atoms with Gasteiger partial charge in [0.15, 0.2) is 11.6 Å². The molecule has 2 unspecified atom stereocenters. The maximum atomic E-state index is 13.3. The molecule has 0 aliphatic carbocycles. The van der Waals surface area contributed by atoms with E-state index in [9.17, 15) is 13.6 Å². The van der Waals surface area contributed by atoms with E-state index >= 15 is 0 Å². The van der Waals surface area contributed by atoms with Gasteiger partial charge in [0, 0.05) is 18.5 Å². The third-order valence-corrected chi connectivity index (χ3v) is 2.73. The van der Waals surface area contributed by atoms with E-state index < -0.39 is 11.6 Å². The van der Waals surface area contributed by atoms with Crippen molar-refractivity contribution in [2.75, 3.05) is 20.2 Å². The number of rotatable bonds is 7. The van der Waals surface area contributed by atoms with Crippen molar-refractivity contribution < 1.29 is 18.3 Å². The number of halogens is 2. The van der Waals surface area contributed by atoms with Gasteiger partial charge in [-0.25, -0.2) is 8.78 Å². The Balaban J connectivity index is 2.43. The topological polar surface area (TPSA) is 50.4 Å². The largest absolute Gasteiger partial charge is 0.488 e. The Morgan fingerprint density at radius 3 is 2.65 bits per heavy atom. The van der Waals surface area contributed by atoms with E-state index in [-0.39, 0.29) is 30.2 Å². The Labute approximate surface area is 117 Å². The second-order valence-corrected chi connectivity index (χ2v) is 4.75. The van der Waals surface area contributed by atoms with Gasteiger partial charge in [-0.15, -0.1) is 0 Å². The van der Waals surface area contributed by atoms with Crippen LogP contribution in [0.15, 0.2) is 18.2 Å². The first-order valence-corrected chi connectivity index (χ1v) is 6.47. The highest BCUT2D eigenvalue weighted by molar-refractivity contribution is 5.78. The van der Waals surface area contributed by atoms with Crippen molar-refractivity contribution in [3.8, 4) is 5.75 Å². The molecule has 0 bridgehead atoms. The standard InChI is InChI=1S/C14H20F2N2O2/c1-9(7-17-3)14(19)18-10(2)8-20-13-5-4-11(15)6-12(13)16/h4-6,9-10,17H,7-8H2,1-3H3,(H,18,19). The molecule has 0 saturated heterocycles. The number of nitrogens with one attached hydrogen (secondary N) is 2. The lowest BCUT2D eigenvalue weighted by Gasteiger charge is -2.18. The lowest BCUT2D eigenvalue weighted by atomic mass is 10.1. The zero-order valence-electron chi connectivity index (χ0n) is 11.9. The summed E-state index contributed by atoms with van der Waals surface area (Å²) < 4.78 is 31.3. The van der Waals surface area contributed by atoms with Crippen LogP contribution in [0.2, 0.25) is 0 Å². The third kappa shape index (κ3) is 5.13. The third-order valence-electron chi connectivity index (χ3n) is 2.73. The molecule has 1 aromatic rings. The first kappa shape index (κ1) is 16.4. The van der Waals surface area contributed by atoms with Gasteiger partial charge < -0.3 is 15.4 Å². The van der Waals surface area contributed by atoms with E-state index in [1.165, 1.54) is 6.07 Å². The van der Waals surface area contributed by atoms with Crippen LogP contribution in [0.1, 0.15) is 13.8 Å². The van der Waals surface area contributed by atoms with Crippen molar-refractivity contribution in [1.82, 2.24) is 10.6 Å². The lowest BCUT2D eigenvalue weighted by molar-refractivity contribution is -0.125. The number of hydrogen-bond acceptors (Lipinski definition) is 3. The molecule has 0 aromatic heterocycles. The fraction of sp³-hybridized carbons (Fsp3) is 0.500. The summed E-state index contributed by atoms with van der Waals surface area (Å²) in [5.41, 5.74) is 0. The molecule has 0 aliphatic heterocycles. The number of ether oxygens (including phenoxy) is 1. The first-order valence-electron chi connectivity index (χ1n) is 6.47. The molecule has 0 aliphatic rings. The molecule has 20 heavy (non-hydrogen) atoms. The number of benzene rings is 1. The van der Waals surface area contributed by atoms with Crippen molar-refractivity contribution in [2.45, 2.75) is 19.9 Å². The molecular weight excluding hydrogens is 266 g/mol. The summed E-state index contributed by atoms with van der Waals surface area (Å²) in [4.78, 5) is 11.7. The molecule has 2 N–H and O–H groups in total. The molecule has 0 spiro atoms. The van der Waals surface area contributed by atoms with Crippen LogP contribution in [0.3, 0.4) is 0 Å². The maximum Gasteiger partial charge on any atom is 0.224 e. The number of carbonyl (C=O) groups is 1. The summed E-state index contributed by atoms with van der Waals surface area (Å²) in [7, 11) is 1.77. The van der Waals surface area contributed by atoms with E-state index in [0.717, 1.165) is 12.1 Å². The van der Waals surface area contributed by atoms with Gasteiger partial charge in [-0.3, -0.25) is 4.79 Å². The average molecular weight is 286 g/mol. The first-order chi connectivity index (χ1) is 9.43. The maximum absolute atomic E-state index is 13.3. The Bertz CT molecular complexity index is 455. The summed E-state index contributed by atoms with van der Waals surface area (Å²) >= 11 is 0. The summed E-state index contributed by atoms with van der Waals surface area (Å²) in [6.45, 7) is 4.25. The number of carbonyl (C=O) groups excluding carboxylic acids is 1. The van der Waals surface area contributed by atoms with Crippen molar-refractivity contribution >= 4 is 5.91 Å². The Morgan fingerprint density at radius 2 is 2.05 bits per heavy atom. The van der Waals surface area contributed by atoms with Gasteiger partial charge in [-0.2, -0.15) is 0 Å². The predicted octanol–water partition coefficient (Wildman–Crippen LogP) is 1.70. The molecule has 1 rings (SSSR count). The van der Waals surface area contributed by atoms with Crippen LogP contribution in [0.5, 0.6) is 5.75 Å². The van der Waals surface area contributed by atoms with Crippen LogP contribution in [-0.4, -0.2) is 32.1 Å². The molecule has 0 heterocycles. The van der Waals surface area contributed by atoms with Gasteiger partial charge in [0.25, 0.3) is 0 Å². The van der Waals surface area contributed by atoms with Crippen LogP contribution in [-0.2, 0) is 4.79 Å². The molecule has 1 amide bonds. The van der Waals surface area contributed by atoms with Crippen LogP contribution in [0.4, 0.5) is 8.78 Å². The Morgan fingerprint density at radius 1 is 1.35 bits per heavy atom. The van der Waals surface area contributed by atoms with E-state index in [2.05, 4.69) is 10.6 Å². The molecule has 0 saturated carbocycles. The summed E-state index contributed by atoms with van der Waals surface area (Å²) in [6.07, 6.45) is 0. The zero-order chi connectivity index (χ0) is 15.1. The number of hydrogen-bond donors (Lipinski definition) is 2. The van der Waals surface area contributed by atoms with Crippen LogP contribution < -0.4 is 15.4 Å². The Kier molecular flexibility index (Phi) is 6.38. The molecular formula is C14H20F2N2O2. The molecule has 0 radical (unpaired) electrons. The minimum atomic E-state index is -0.757. The molecule has 0 fully saturated rings. The van der Waals surface area contributed by atoms with Crippen molar-refractivity contribution in [3.05, 3.63) is 29.8 Å². The second-order valence-electron chi connectivity index (χ2n) is 4.75. The highest BCUT2D eigenvalue weighted by atomic mass is 19.1. The van der Waals surface area contributed by atoms with E-state index in [1.54, 1.807) is 20.9 Å². The molecule has 112 valence electrons. The zero-order valence-corrected chi connectivity index (χ0v) is 11.9. The van der Waals surface area contributed by atoms with Gasteiger partial charge in [0.1, 0.15) is 12.4 Å². The minimum absolute atomic E-state index is 0.0317. The van der Waals surface area contributed by atoms with E-state index in [4.69, 9.17) is 4.74 Å². The fourth-order valence-electron chi connectivity index (χ4n) is 1.63. The van der Waals surface area contributed by atoms with Crippen molar-refractivity contribution in [3.63, 3.8) is 0 Å². The minimum Gasteiger partial charge on any atom is -0.488 e. The van der Waals surface area contributed by atoms with Gasteiger partial charge in [0.2, 0.25) is 5.91 Å². The van der Waals surface area contributed by atoms with Crippen LogP contribution in [0, 0.1) is 17.6 Å². The SMILES string of the molecule is CNCC(C)C(=O)NC(C)COc1ccc(F)cc1F. The van der Waals surface area contributed by atoms with Crippen LogP contribution >= 0.6 is 0 Å². The lowest BCUT2D eigenvalue weighted by Crippen LogP contribution is -2.42. The van der Waals surface area contributed by atoms with Gasteiger partial charge in [-0.1, -0.05) is 6.92 Å².